The van der Waals surface area contributed by atoms with Crippen LogP contribution >= 0.6 is 0 Å². The lowest BCUT2D eigenvalue weighted by Crippen LogP contribution is -2.41. The van der Waals surface area contributed by atoms with Crippen molar-refractivity contribution in [1.29, 1.82) is 0 Å². The Hall–Kier alpha value is -4.00. The van der Waals surface area contributed by atoms with E-state index in [0.717, 1.165) is 15.8 Å². The van der Waals surface area contributed by atoms with Crippen molar-refractivity contribution in [2.24, 2.45) is 0 Å². The van der Waals surface area contributed by atoms with Gasteiger partial charge in [-0.15, -0.1) is 0 Å². The molecule has 0 spiro atoms. The highest BCUT2D eigenvalue weighted by atomic mass is 16.5. The molecule has 162 valence electrons. The number of nitrogens with one attached hydrogen (secondary N) is 1. The average Bonchev–Trinajstić information content (AvgIpc) is 2.79. The number of carbonyl (C=O) groups is 4. The number of para-hydroxylation sites is 1. The Morgan fingerprint density at radius 2 is 1.56 bits per heavy atom. The van der Waals surface area contributed by atoms with Gasteiger partial charge < -0.3 is 10.1 Å². The number of anilines is 1. The van der Waals surface area contributed by atoms with Gasteiger partial charge in [0.2, 0.25) is 0 Å². The largest absolute Gasteiger partial charge is 0.456 e. The van der Waals surface area contributed by atoms with Gasteiger partial charge in [-0.2, -0.15) is 0 Å². The molecular formula is C25H22N2O5. The van der Waals surface area contributed by atoms with E-state index in [-0.39, 0.29) is 31.2 Å². The molecule has 7 nitrogen and oxygen atoms in total. The summed E-state index contributed by atoms with van der Waals surface area (Å²) in [5, 5.41) is 4.20. The molecule has 1 aliphatic heterocycles. The zero-order valence-corrected chi connectivity index (χ0v) is 17.6. The van der Waals surface area contributed by atoms with Crippen LogP contribution in [-0.4, -0.2) is 41.7 Å². The second-order valence-corrected chi connectivity index (χ2v) is 7.60. The van der Waals surface area contributed by atoms with E-state index in [0.29, 0.717) is 22.2 Å². The molecule has 3 aromatic carbocycles. The van der Waals surface area contributed by atoms with Crippen molar-refractivity contribution < 1.29 is 23.9 Å². The van der Waals surface area contributed by atoms with Crippen LogP contribution in [0.3, 0.4) is 0 Å². The molecule has 32 heavy (non-hydrogen) atoms. The normalized spacial score (nSPS) is 12.7. The molecule has 0 bridgehead atoms. The average molecular weight is 430 g/mol. The van der Waals surface area contributed by atoms with Crippen molar-refractivity contribution in [3.05, 3.63) is 77.4 Å². The fourth-order valence-corrected chi connectivity index (χ4v) is 3.78. The van der Waals surface area contributed by atoms with E-state index in [4.69, 9.17) is 4.74 Å². The zero-order valence-electron chi connectivity index (χ0n) is 17.6. The lowest BCUT2D eigenvalue weighted by atomic mass is 9.94. The monoisotopic (exact) mass is 430 g/mol. The number of imide groups is 1. The SMILES string of the molecule is Cc1ccccc1NC(=O)COC(=O)CCCN1C(=O)c2cccc3cccc(c23)C1=O. The van der Waals surface area contributed by atoms with Crippen LogP contribution in [0.4, 0.5) is 5.69 Å². The number of esters is 1. The Balaban J connectivity index is 1.29. The molecule has 0 aromatic heterocycles. The topological polar surface area (TPSA) is 92.8 Å². The van der Waals surface area contributed by atoms with E-state index < -0.39 is 18.5 Å². The molecule has 1 N–H and O–H groups in total. The van der Waals surface area contributed by atoms with Gasteiger partial charge in [-0.05, 0) is 42.5 Å². The van der Waals surface area contributed by atoms with Gasteiger partial charge in [-0.3, -0.25) is 24.1 Å². The number of aryl methyl sites for hydroxylation is 1. The first-order valence-corrected chi connectivity index (χ1v) is 10.3. The van der Waals surface area contributed by atoms with E-state index in [2.05, 4.69) is 5.32 Å². The quantitative estimate of drug-likeness (QED) is 0.456. The van der Waals surface area contributed by atoms with Gasteiger partial charge in [0, 0.05) is 35.2 Å². The van der Waals surface area contributed by atoms with Crippen LogP contribution < -0.4 is 5.32 Å². The number of amides is 3. The maximum atomic E-state index is 12.8. The summed E-state index contributed by atoms with van der Waals surface area (Å²) in [4.78, 5) is 50.9. The van der Waals surface area contributed by atoms with Crippen molar-refractivity contribution in [2.45, 2.75) is 19.8 Å². The summed E-state index contributed by atoms with van der Waals surface area (Å²) in [5.41, 5.74) is 2.52. The summed E-state index contributed by atoms with van der Waals surface area (Å²) in [7, 11) is 0. The molecule has 0 aliphatic carbocycles. The fraction of sp³-hybridized carbons (Fsp3) is 0.200. The first kappa shape index (κ1) is 21.2. The predicted molar refractivity (Wildman–Crippen MR) is 119 cm³/mol. The molecule has 3 amide bonds. The second-order valence-electron chi connectivity index (χ2n) is 7.60. The van der Waals surface area contributed by atoms with Crippen LogP contribution in [0.25, 0.3) is 10.8 Å². The van der Waals surface area contributed by atoms with Gasteiger partial charge >= 0.3 is 5.97 Å². The third-order valence-electron chi connectivity index (χ3n) is 5.40. The molecular weight excluding hydrogens is 408 g/mol. The van der Waals surface area contributed by atoms with Gasteiger partial charge in [0.15, 0.2) is 6.61 Å². The Bertz CT molecular complexity index is 1180. The molecule has 1 heterocycles. The van der Waals surface area contributed by atoms with Crippen LogP contribution in [0.15, 0.2) is 60.7 Å². The molecule has 0 saturated carbocycles. The molecule has 7 heteroatoms. The summed E-state index contributed by atoms with van der Waals surface area (Å²) in [5.74, 6) is -1.74. The van der Waals surface area contributed by atoms with Crippen LogP contribution in [0, 0.1) is 6.92 Å². The van der Waals surface area contributed by atoms with Crippen molar-refractivity contribution in [3.63, 3.8) is 0 Å². The first-order chi connectivity index (χ1) is 15.5. The predicted octanol–water partition coefficient (Wildman–Crippen LogP) is 3.71. The van der Waals surface area contributed by atoms with Gasteiger partial charge in [0.1, 0.15) is 0 Å². The molecule has 4 rings (SSSR count). The van der Waals surface area contributed by atoms with Crippen molar-refractivity contribution in [3.8, 4) is 0 Å². The van der Waals surface area contributed by atoms with E-state index in [1.54, 1.807) is 36.4 Å². The standard InChI is InChI=1S/C25H22N2O5/c1-16-7-2-3-12-20(16)26-21(28)15-32-22(29)13-6-14-27-24(30)18-10-4-8-17-9-5-11-19(23(17)18)25(27)31/h2-5,7-12H,6,13-15H2,1H3,(H,26,28). The summed E-state index contributed by atoms with van der Waals surface area (Å²) in [6, 6.07) is 18.0. The minimum Gasteiger partial charge on any atom is -0.456 e. The third kappa shape index (κ3) is 4.23. The van der Waals surface area contributed by atoms with Gasteiger partial charge in [-0.25, -0.2) is 0 Å². The van der Waals surface area contributed by atoms with Crippen LogP contribution in [-0.2, 0) is 14.3 Å². The Labute approximate surface area is 185 Å². The highest BCUT2D eigenvalue weighted by Gasteiger charge is 2.32. The molecule has 0 fully saturated rings. The minimum absolute atomic E-state index is 0.0133. The van der Waals surface area contributed by atoms with Gasteiger partial charge in [0.05, 0.1) is 0 Å². The number of hydrogen-bond donors (Lipinski definition) is 1. The molecule has 3 aromatic rings. The van der Waals surface area contributed by atoms with Gasteiger partial charge in [-0.1, -0.05) is 42.5 Å². The maximum Gasteiger partial charge on any atom is 0.306 e. The van der Waals surface area contributed by atoms with Crippen LogP contribution in [0.5, 0.6) is 0 Å². The highest BCUT2D eigenvalue weighted by molar-refractivity contribution is 6.25. The zero-order chi connectivity index (χ0) is 22.7. The first-order valence-electron chi connectivity index (χ1n) is 10.3. The van der Waals surface area contributed by atoms with Crippen LogP contribution in [0.1, 0.15) is 39.1 Å². The Morgan fingerprint density at radius 3 is 2.22 bits per heavy atom. The Kier molecular flexibility index (Phi) is 5.98. The smallest absolute Gasteiger partial charge is 0.306 e. The number of ether oxygens (including phenoxy) is 1. The minimum atomic E-state index is -0.565. The number of benzene rings is 3. The van der Waals surface area contributed by atoms with Crippen molar-refractivity contribution in [1.82, 2.24) is 4.90 Å². The summed E-state index contributed by atoms with van der Waals surface area (Å²) >= 11 is 0. The summed E-state index contributed by atoms with van der Waals surface area (Å²) in [6.45, 7) is 1.56. The summed E-state index contributed by atoms with van der Waals surface area (Å²) < 4.78 is 5.02. The lowest BCUT2D eigenvalue weighted by Gasteiger charge is -2.27. The van der Waals surface area contributed by atoms with Crippen molar-refractivity contribution in [2.75, 3.05) is 18.5 Å². The Morgan fingerprint density at radius 1 is 0.906 bits per heavy atom. The summed E-state index contributed by atoms with van der Waals surface area (Å²) in [6.07, 6.45) is 0.231. The number of nitrogens with zero attached hydrogens (tertiary/aromatic N) is 1. The highest BCUT2D eigenvalue weighted by Crippen LogP contribution is 2.30. The van der Waals surface area contributed by atoms with Crippen molar-refractivity contribution >= 4 is 40.2 Å². The molecule has 0 unspecified atom stereocenters. The fourth-order valence-electron chi connectivity index (χ4n) is 3.78. The lowest BCUT2D eigenvalue weighted by molar-refractivity contribution is -0.147. The van der Waals surface area contributed by atoms with E-state index in [9.17, 15) is 19.2 Å². The second kappa shape index (κ2) is 9.01. The molecule has 0 atom stereocenters. The van der Waals surface area contributed by atoms with E-state index >= 15 is 0 Å². The molecule has 1 aliphatic rings. The van der Waals surface area contributed by atoms with Crippen LogP contribution in [0.2, 0.25) is 0 Å². The van der Waals surface area contributed by atoms with E-state index in [1.165, 1.54) is 0 Å². The molecule has 0 saturated heterocycles. The number of hydrogen-bond acceptors (Lipinski definition) is 5. The molecule has 0 radical (unpaired) electrons. The number of carbonyl (C=O) groups excluding carboxylic acids is 4. The van der Waals surface area contributed by atoms with E-state index in [1.807, 2.05) is 31.2 Å². The van der Waals surface area contributed by atoms with Gasteiger partial charge in [0.25, 0.3) is 17.7 Å². The third-order valence-corrected chi connectivity index (χ3v) is 5.40. The number of rotatable bonds is 7. The maximum absolute atomic E-state index is 12.8.